The zero-order valence-corrected chi connectivity index (χ0v) is 16.2. The van der Waals surface area contributed by atoms with Crippen LogP contribution in [0.2, 0.25) is 5.02 Å². The number of carbonyl (C=O) groups is 2. The summed E-state index contributed by atoms with van der Waals surface area (Å²) >= 11 is 6.23. The summed E-state index contributed by atoms with van der Waals surface area (Å²) in [6.07, 6.45) is 4.65. The molecule has 0 spiro atoms. The number of benzene rings is 1. The maximum atomic E-state index is 12.9. The van der Waals surface area contributed by atoms with Gasteiger partial charge in [-0.05, 0) is 74.1 Å². The molecule has 2 amide bonds. The van der Waals surface area contributed by atoms with E-state index in [2.05, 4.69) is 5.32 Å². The van der Waals surface area contributed by atoms with Crippen molar-refractivity contribution >= 4 is 23.4 Å². The molecule has 4 fully saturated rings. The largest absolute Gasteiger partial charge is 0.451 e. The summed E-state index contributed by atoms with van der Waals surface area (Å²) in [5.74, 6) is 1.70. The third-order valence-electron chi connectivity index (χ3n) is 7.06. The van der Waals surface area contributed by atoms with Gasteiger partial charge in [-0.2, -0.15) is 0 Å². The average Bonchev–Trinajstić information content (AvgIpc) is 3.14. The van der Waals surface area contributed by atoms with Gasteiger partial charge < -0.3 is 15.5 Å². The molecule has 2 aromatic rings. The van der Waals surface area contributed by atoms with Crippen molar-refractivity contribution in [2.24, 2.45) is 28.9 Å². The molecular formula is C22H23ClN2O3. The van der Waals surface area contributed by atoms with Gasteiger partial charge in [-0.15, -0.1) is 0 Å². The van der Waals surface area contributed by atoms with Crippen molar-refractivity contribution in [3.8, 4) is 11.3 Å². The summed E-state index contributed by atoms with van der Waals surface area (Å²) in [4.78, 5) is 24.9. The Morgan fingerprint density at radius 2 is 1.79 bits per heavy atom. The van der Waals surface area contributed by atoms with Crippen LogP contribution in [-0.4, -0.2) is 17.9 Å². The van der Waals surface area contributed by atoms with Gasteiger partial charge in [0.1, 0.15) is 5.76 Å². The van der Waals surface area contributed by atoms with Crippen LogP contribution in [0.5, 0.6) is 0 Å². The third-order valence-corrected chi connectivity index (χ3v) is 7.39. The average molecular weight is 399 g/mol. The van der Waals surface area contributed by atoms with E-state index in [1.165, 1.54) is 0 Å². The Morgan fingerprint density at radius 3 is 2.46 bits per heavy atom. The monoisotopic (exact) mass is 398 g/mol. The first kappa shape index (κ1) is 17.8. The van der Waals surface area contributed by atoms with Crippen LogP contribution in [0.4, 0.5) is 0 Å². The zero-order valence-electron chi connectivity index (χ0n) is 15.5. The number of nitrogens with one attached hydrogen (secondary N) is 1. The molecule has 0 aliphatic heterocycles. The highest BCUT2D eigenvalue weighted by atomic mass is 35.5. The minimum absolute atomic E-state index is 0.0883. The van der Waals surface area contributed by atoms with Crippen LogP contribution in [-0.2, 0) is 4.79 Å². The summed E-state index contributed by atoms with van der Waals surface area (Å²) in [6, 6.07) is 10.9. The Balaban J connectivity index is 1.33. The minimum Gasteiger partial charge on any atom is -0.451 e. The molecule has 0 saturated heterocycles. The van der Waals surface area contributed by atoms with Crippen molar-refractivity contribution < 1.29 is 14.0 Å². The maximum Gasteiger partial charge on any atom is 0.287 e. The molecule has 146 valence electrons. The molecule has 3 N–H and O–H groups in total. The van der Waals surface area contributed by atoms with Gasteiger partial charge in [-0.1, -0.05) is 23.7 Å². The maximum absolute atomic E-state index is 12.9. The summed E-state index contributed by atoms with van der Waals surface area (Å²) in [7, 11) is 0. The molecule has 5 nitrogen and oxygen atoms in total. The molecule has 2 atom stereocenters. The van der Waals surface area contributed by atoms with Crippen LogP contribution in [0.1, 0.15) is 42.7 Å². The number of carbonyl (C=O) groups excluding carboxylic acids is 2. The Morgan fingerprint density at radius 1 is 1.07 bits per heavy atom. The van der Waals surface area contributed by atoms with E-state index >= 15 is 0 Å². The molecule has 4 aliphatic rings. The lowest BCUT2D eigenvalue weighted by Gasteiger charge is -2.58. The lowest BCUT2D eigenvalue weighted by Crippen LogP contribution is -2.62. The van der Waals surface area contributed by atoms with Gasteiger partial charge in [0.2, 0.25) is 5.91 Å². The number of hydrogen-bond acceptors (Lipinski definition) is 3. The first-order valence-corrected chi connectivity index (χ1v) is 10.3. The molecule has 1 heterocycles. The number of rotatable bonds is 4. The van der Waals surface area contributed by atoms with Crippen molar-refractivity contribution in [2.45, 2.75) is 38.1 Å². The zero-order chi connectivity index (χ0) is 19.5. The van der Waals surface area contributed by atoms with Crippen LogP contribution in [0.25, 0.3) is 11.3 Å². The summed E-state index contributed by atoms with van der Waals surface area (Å²) in [5, 5.41) is 3.78. The van der Waals surface area contributed by atoms with Crippen LogP contribution >= 0.6 is 11.6 Å². The Hall–Kier alpha value is -2.27. The predicted molar refractivity (Wildman–Crippen MR) is 106 cm³/mol. The number of amides is 2. The molecule has 1 aromatic carbocycles. The summed E-state index contributed by atoms with van der Waals surface area (Å²) in [5.41, 5.74) is 6.16. The molecule has 28 heavy (non-hydrogen) atoms. The molecule has 4 saturated carbocycles. The first-order chi connectivity index (χ1) is 13.4. The van der Waals surface area contributed by atoms with Crippen molar-refractivity contribution in [1.82, 2.24) is 5.32 Å². The molecule has 4 aliphatic carbocycles. The molecule has 2 unspecified atom stereocenters. The fourth-order valence-corrected chi connectivity index (χ4v) is 6.28. The van der Waals surface area contributed by atoms with E-state index in [1.54, 1.807) is 18.2 Å². The Labute approximate surface area is 168 Å². The SMILES string of the molecule is NC(=O)[C@]12CC3CC(C1)[C@@H](NC(=O)c1ccc(-c4ccccc4Cl)o1)C(C3)C2. The lowest BCUT2D eigenvalue weighted by atomic mass is 9.47. The fourth-order valence-electron chi connectivity index (χ4n) is 6.05. The van der Waals surface area contributed by atoms with Crippen LogP contribution in [0.15, 0.2) is 40.8 Å². The Kier molecular flexibility index (Phi) is 4.05. The van der Waals surface area contributed by atoms with E-state index in [9.17, 15) is 9.59 Å². The van der Waals surface area contributed by atoms with E-state index in [0.717, 1.165) is 37.7 Å². The van der Waals surface area contributed by atoms with Gasteiger partial charge >= 0.3 is 0 Å². The number of halogens is 1. The smallest absolute Gasteiger partial charge is 0.287 e. The van der Waals surface area contributed by atoms with Crippen molar-refractivity contribution in [3.63, 3.8) is 0 Å². The Bertz CT molecular complexity index is 937. The standard InChI is InChI=1S/C22H23ClN2O3/c23-16-4-2-1-3-15(16)17-5-6-18(28-17)20(26)25-19-13-7-12-8-14(19)11-22(9-12,10-13)21(24)27/h1-6,12-14,19H,7-11H2,(H2,24,27)(H,25,26)/t12?,13?,14?,19-,22-. The van der Waals surface area contributed by atoms with Crippen LogP contribution < -0.4 is 11.1 Å². The topological polar surface area (TPSA) is 85.3 Å². The lowest BCUT2D eigenvalue weighted by molar-refractivity contribution is -0.145. The molecule has 0 radical (unpaired) electrons. The second-order valence-corrected chi connectivity index (χ2v) is 9.16. The van der Waals surface area contributed by atoms with E-state index in [-0.39, 0.29) is 29.0 Å². The number of nitrogens with two attached hydrogens (primary N) is 1. The van der Waals surface area contributed by atoms with Crippen molar-refractivity contribution in [1.29, 1.82) is 0 Å². The molecule has 6 heteroatoms. The predicted octanol–water partition coefficient (Wildman–Crippen LogP) is 4.01. The van der Waals surface area contributed by atoms with Gasteiger partial charge in [0, 0.05) is 17.0 Å². The third kappa shape index (κ3) is 2.75. The van der Waals surface area contributed by atoms with E-state index in [0.29, 0.717) is 28.5 Å². The number of primary amides is 1. The van der Waals surface area contributed by atoms with E-state index in [4.69, 9.17) is 21.8 Å². The van der Waals surface area contributed by atoms with Gasteiger partial charge in [-0.3, -0.25) is 9.59 Å². The summed E-state index contributed by atoms with van der Waals surface area (Å²) < 4.78 is 5.79. The fraction of sp³-hybridized carbons (Fsp3) is 0.455. The molecule has 4 bridgehead atoms. The van der Waals surface area contributed by atoms with Gasteiger partial charge in [0.05, 0.1) is 5.02 Å². The number of furan rings is 1. The van der Waals surface area contributed by atoms with E-state index in [1.807, 2.05) is 18.2 Å². The molecule has 6 rings (SSSR count). The van der Waals surface area contributed by atoms with Gasteiger partial charge in [0.25, 0.3) is 5.91 Å². The number of hydrogen-bond donors (Lipinski definition) is 2. The van der Waals surface area contributed by atoms with E-state index < -0.39 is 0 Å². The molecule has 1 aromatic heterocycles. The highest BCUT2D eigenvalue weighted by Crippen LogP contribution is 2.59. The summed E-state index contributed by atoms with van der Waals surface area (Å²) in [6.45, 7) is 0. The second kappa shape index (κ2) is 6.38. The van der Waals surface area contributed by atoms with Crippen molar-refractivity contribution in [2.75, 3.05) is 0 Å². The molecular weight excluding hydrogens is 376 g/mol. The highest BCUT2D eigenvalue weighted by molar-refractivity contribution is 6.33. The van der Waals surface area contributed by atoms with Crippen LogP contribution in [0, 0.1) is 23.2 Å². The quantitative estimate of drug-likeness (QED) is 0.815. The van der Waals surface area contributed by atoms with Crippen LogP contribution in [0.3, 0.4) is 0 Å². The van der Waals surface area contributed by atoms with Gasteiger partial charge in [0.15, 0.2) is 5.76 Å². The van der Waals surface area contributed by atoms with Crippen molar-refractivity contribution in [3.05, 3.63) is 47.2 Å². The second-order valence-electron chi connectivity index (χ2n) is 8.76. The minimum atomic E-state index is -0.348. The highest BCUT2D eigenvalue weighted by Gasteiger charge is 2.58. The van der Waals surface area contributed by atoms with Gasteiger partial charge in [-0.25, -0.2) is 0 Å². The normalized spacial score (nSPS) is 33.0. The first-order valence-electron chi connectivity index (χ1n) is 9.91.